The average molecular weight is 317 g/mol. The van der Waals surface area contributed by atoms with Gasteiger partial charge in [-0.1, -0.05) is 11.6 Å². The van der Waals surface area contributed by atoms with Crippen LogP contribution in [-0.4, -0.2) is 19.7 Å². The van der Waals surface area contributed by atoms with E-state index in [0.29, 0.717) is 16.5 Å². The van der Waals surface area contributed by atoms with Crippen molar-refractivity contribution in [2.24, 2.45) is 10.2 Å². The number of hydrogen-bond acceptors (Lipinski definition) is 4. The first-order valence-corrected chi connectivity index (χ1v) is 6.76. The molecule has 8 heteroatoms. The van der Waals surface area contributed by atoms with Gasteiger partial charge in [0.2, 0.25) is 5.95 Å². The largest absolute Gasteiger partial charge is 0.324 e. The summed E-state index contributed by atoms with van der Waals surface area (Å²) >= 11 is 5.83. The summed E-state index contributed by atoms with van der Waals surface area (Å²) < 4.78 is 1.40. The molecule has 0 unspecified atom stereocenters. The molecular formula is C14H13ClN6O. The Morgan fingerprint density at radius 1 is 1.41 bits per heavy atom. The van der Waals surface area contributed by atoms with E-state index >= 15 is 0 Å². The maximum absolute atomic E-state index is 12.3. The summed E-state index contributed by atoms with van der Waals surface area (Å²) in [5, 5.41) is 11.0. The van der Waals surface area contributed by atoms with Crippen molar-refractivity contribution in [1.82, 2.24) is 19.7 Å². The Bertz CT molecular complexity index is 862. The maximum Gasteiger partial charge on any atom is 0.295 e. The number of nitrogens with one attached hydrogen (secondary N) is 2. The smallest absolute Gasteiger partial charge is 0.295 e. The van der Waals surface area contributed by atoms with Crippen LogP contribution in [0.5, 0.6) is 0 Å². The highest BCUT2D eigenvalue weighted by molar-refractivity contribution is 6.30. The number of rotatable bonds is 3. The number of halogens is 1. The van der Waals surface area contributed by atoms with Crippen molar-refractivity contribution in [3.05, 3.63) is 26.9 Å². The summed E-state index contributed by atoms with van der Waals surface area (Å²) in [4.78, 5) is 19.1. The van der Waals surface area contributed by atoms with E-state index in [0.717, 1.165) is 0 Å². The van der Waals surface area contributed by atoms with Gasteiger partial charge in [-0.05, 0) is 38.5 Å². The molecule has 0 aliphatic rings. The van der Waals surface area contributed by atoms with Gasteiger partial charge in [0.25, 0.3) is 5.56 Å². The fourth-order valence-corrected chi connectivity index (χ4v) is 1.78. The molecule has 0 aliphatic heterocycles. The van der Waals surface area contributed by atoms with Gasteiger partial charge >= 0.3 is 0 Å². The molecule has 2 heterocycles. The van der Waals surface area contributed by atoms with Crippen LogP contribution < -0.4 is 5.56 Å². The van der Waals surface area contributed by atoms with E-state index < -0.39 is 0 Å². The van der Waals surface area contributed by atoms with E-state index in [2.05, 4.69) is 43.1 Å². The topological polar surface area (TPSA) is 91.2 Å². The molecule has 0 aliphatic carbocycles. The number of aromatic amines is 2. The van der Waals surface area contributed by atoms with Crippen molar-refractivity contribution < 1.29 is 0 Å². The SMILES string of the molecule is C#CC#Cc1[nH]n(C(C)C)c(=O)c1N=Nc1nc(Cl)c(C)[nH]1. The first kappa shape index (κ1) is 15.6. The van der Waals surface area contributed by atoms with Crippen LogP contribution in [0.25, 0.3) is 0 Å². The van der Waals surface area contributed by atoms with Gasteiger partial charge in [-0.2, -0.15) is 4.98 Å². The fourth-order valence-electron chi connectivity index (χ4n) is 1.66. The number of hydrogen-bond donors (Lipinski definition) is 2. The Morgan fingerprint density at radius 2 is 2.14 bits per heavy atom. The van der Waals surface area contributed by atoms with Crippen molar-refractivity contribution in [1.29, 1.82) is 0 Å². The lowest BCUT2D eigenvalue weighted by atomic mass is 10.3. The van der Waals surface area contributed by atoms with E-state index in [1.807, 2.05) is 13.8 Å². The third-order valence-electron chi connectivity index (χ3n) is 2.72. The van der Waals surface area contributed by atoms with Crippen molar-refractivity contribution >= 4 is 23.2 Å². The first-order chi connectivity index (χ1) is 10.4. The molecule has 0 aromatic carbocycles. The molecule has 0 radical (unpaired) electrons. The van der Waals surface area contributed by atoms with Crippen molar-refractivity contribution in [2.75, 3.05) is 0 Å². The molecule has 0 fully saturated rings. The maximum atomic E-state index is 12.3. The molecule has 2 N–H and O–H groups in total. The number of nitrogens with zero attached hydrogens (tertiary/aromatic N) is 4. The van der Waals surface area contributed by atoms with Crippen molar-refractivity contribution in [3.63, 3.8) is 0 Å². The molecule has 112 valence electrons. The molecule has 0 atom stereocenters. The normalized spacial score (nSPS) is 10.7. The van der Waals surface area contributed by atoms with Crippen LogP contribution in [0.3, 0.4) is 0 Å². The highest BCUT2D eigenvalue weighted by Gasteiger charge is 2.15. The Balaban J connectivity index is 2.49. The second-order valence-electron chi connectivity index (χ2n) is 4.67. The lowest BCUT2D eigenvalue weighted by Gasteiger charge is -2.02. The second-order valence-corrected chi connectivity index (χ2v) is 5.03. The molecule has 0 spiro atoms. The minimum atomic E-state index is -0.338. The van der Waals surface area contributed by atoms with Gasteiger partial charge in [-0.15, -0.1) is 16.7 Å². The van der Waals surface area contributed by atoms with Crippen LogP contribution in [-0.2, 0) is 0 Å². The number of H-pyrrole nitrogens is 2. The number of aromatic nitrogens is 4. The highest BCUT2D eigenvalue weighted by Crippen LogP contribution is 2.20. The van der Waals surface area contributed by atoms with Crippen molar-refractivity contribution in [3.8, 4) is 24.2 Å². The molecule has 22 heavy (non-hydrogen) atoms. The van der Waals surface area contributed by atoms with Gasteiger partial charge < -0.3 is 4.98 Å². The zero-order chi connectivity index (χ0) is 16.3. The second kappa shape index (κ2) is 6.33. The molecule has 2 aromatic heterocycles. The van der Waals surface area contributed by atoms with E-state index in [1.165, 1.54) is 4.68 Å². The summed E-state index contributed by atoms with van der Waals surface area (Å²) in [5.41, 5.74) is 0.697. The monoisotopic (exact) mass is 316 g/mol. The number of imidazole rings is 1. The molecule has 7 nitrogen and oxygen atoms in total. The van der Waals surface area contributed by atoms with Crippen LogP contribution >= 0.6 is 11.6 Å². The standard InChI is InChI=1S/C14H13ClN6O/c1-5-6-7-10-11(13(22)21(20-10)8(2)3)18-19-14-16-9(4)12(15)17-14/h1,8,20H,2-4H3,(H,16,17). The molecule has 0 saturated heterocycles. The molecule has 0 amide bonds. The van der Waals surface area contributed by atoms with Crippen LogP contribution in [0.1, 0.15) is 31.3 Å². The fraction of sp³-hybridized carbons (Fsp3) is 0.286. The van der Waals surface area contributed by atoms with E-state index in [9.17, 15) is 4.79 Å². The summed E-state index contributed by atoms with van der Waals surface area (Å²) in [6, 6.07) is -0.0804. The van der Waals surface area contributed by atoms with E-state index in [4.69, 9.17) is 18.0 Å². The third kappa shape index (κ3) is 3.11. The summed E-state index contributed by atoms with van der Waals surface area (Å²) in [6.07, 6.45) is 5.11. The van der Waals surface area contributed by atoms with Crippen LogP contribution in [0.2, 0.25) is 5.15 Å². The molecular weight excluding hydrogens is 304 g/mol. The zero-order valence-electron chi connectivity index (χ0n) is 12.2. The first-order valence-electron chi connectivity index (χ1n) is 6.39. The lowest BCUT2D eigenvalue weighted by molar-refractivity contribution is 0.516. The van der Waals surface area contributed by atoms with Crippen LogP contribution in [0.4, 0.5) is 11.6 Å². The van der Waals surface area contributed by atoms with Gasteiger partial charge in [0.15, 0.2) is 10.8 Å². The number of azo groups is 1. The van der Waals surface area contributed by atoms with Gasteiger partial charge in [0.05, 0.1) is 5.69 Å². The van der Waals surface area contributed by atoms with Crippen molar-refractivity contribution in [2.45, 2.75) is 26.8 Å². The van der Waals surface area contributed by atoms with E-state index in [-0.39, 0.29) is 23.2 Å². The minimum absolute atomic E-state index is 0.0709. The summed E-state index contributed by atoms with van der Waals surface area (Å²) in [5.74, 6) is 7.49. The Morgan fingerprint density at radius 3 is 2.68 bits per heavy atom. The minimum Gasteiger partial charge on any atom is -0.324 e. The summed E-state index contributed by atoms with van der Waals surface area (Å²) in [7, 11) is 0. The van der Waals surface area contributed by atoms with Gasteiger partial charge in [-0.25, -0.2) is 4.68 Å². The Hall–Kier alpha value is -2.77. The molecule has 2 aromatic rings. The van der Waals surface area contributed by atoms with E-state index in [1.54, 1.807) is 6.92 Å². The highest BCUT2D eigenvalue weighted by atomic mass is 35.5. The molecule has 0 saturated carbocycles. The molecule has 2 rings (SSSR count). The lowest BCUT2D eigenvalue weighted by Crippen LogP contribution is -2.18. The van der Waals surface area contributed by atoms with Gasteiger partial charge in [0.1, 0.15) is 5.69 Å². The quantitative estimate of drug-likeness (QED) is 0.673. The predicted molar refractivity (Wildman–Crippen MR) is 83.7 cm³/mol. The van der Waals surface area contributed by atoms with Gasteiger partial charge in [0, 0.05) is 6.04 Å². The summed E-state index contributed by atoms with van der Waals surface area (Å²) in [6.45, 7) is 5.46. The Labute approximate surface area is 131 Å². The number of terminal acetylenes is 1. The average Bonchev–Trinajstić information content (AvgIpc) is 2.95. The van der Waals surface area contributed by atoms with Gasteiger partial charge in [-0.3, -0.25) is 9.89 Å². The predicted octanol–water partition coefficient (Wildman–Crippen LogP) is 2.84. The third-order valence-corrected chi connectivity index (χ3v) is 3.09. The zero-order valence-corrected chi connectivity index (χ0v) is 13.0. The Kier molecular flexibility index (Phi) is 4.50. The number of aryl methyl sites for hydroxylation is 1. The molecule has 0 bridgehead atoms. The van der Waals surface area contributed by atoms with Crippen LogP contribution in [0.15, 0.2) is 15.0 Å². The van der Waals surface area contributed by atoms with Crippen LogP contribution in [0, 0.1) is 31.1 Å².